The van der Waals surface area contributed by atoms with E-state index >= 15 is 0 Å². The SMILES string of the molecule is Brc1cc2c(c3ncccc13)NSc1ccccc1-2. The van der Waals surface area contributed by atoms with Gasteiger partial charge in [0.05, 0.1) is 11.2 Å². The van der Waals surface area contributed by atoms with Crippen LogP contribution in [0.5, 0.6) is 0 Å². The normalized spacial score (nSPS) is 12.7. The highest BCUT2D eigenvalue weighted by atomic mass is 79.9. The number of rotatable bonds is 0. The molecule has 92 valence electrons. The van der Waals surface area contributed by atoms with Gasteiger partial charge in [0.1, 0.15) is 0 Å². The molecule has 4 heteroatoms. The van der Waals surface area contributed by atoms with Crippen LogP contribution in [0.15, 0.2) is 58.0 Å². The van der Waals surface area contributed by atoms with Crippen LogP contribution in [0.4, 0.5) is 5.69 Å². The van der Waals surface area contributed by atoms with Gasteiger partial charge in [-0.2, -0.15) is 0 Å². The third-order valence-corrected chi connectivity index (χ3v) is 4.82. The van der Waals surface area contributed by atoms with Crippen LogP contribution in [0.3, 0.4) is 0 Å². The van der Waals surface area contributed by atoms with Crippen LogP contribution in [-0.4, -0.2) is 4.98 Å². The highest BCUT2D eigenvalue weighted by molar-refractivity contribution is 9.10. The monoisotopic (exact) mass is 328 g/mol. The third kappa shape index (κ3) is 1.67. The van der Waals surface area contributed by atoms with Crippen molar-refractivity contribution in [1.29, 1.82) is 0 Å². The molecule has 0 saturated carbocycles. The first-order chi connectivity index (χ1) is 9.34. The average Bonchev–Trinajstić information content (AvgIpc) is 2.47. The minimum Gasteiger partial charge on any atom is -0.323 e. The van der Waals surface area contributed by atoms with Crippen LogP contribution in [0.25, 0.3) is 22.0 Å². The van der Waals surface area contributed by atoms with Crippen LogP contribution >= 0.6 is 27.9 Å². The number of benzene rings is 2. The van der Waals surface area contributed by atoms with Gasteiger partial charge in [0.15, 0.2) is 0 Å². The van der Waals surface area contributed by atoms with Crippen LogP contribution in [0.1, 0.15) is 0 Å². The molecular formula is C15H9BrN2S. The standard InChI is InChI=1S/C15H9BrN2S/c16-12-8-11-9-4-1-2-6-13(9)19-18-15(11)14-10(12)5-3-7-17-14/h1-8,18H. The first kappa shape index (κ1) is 11.3. The number of nitrogens with one attached hydrogen (secondary N) is 1. The Labute approximate surface area is 123 Å². The Bertz CT molecular complexity index is 801. The van der Waals surface area contributed by atoms with Gasteiger partial charge in [-0.15, -0.1) is 0 Å². The van der Waals surface area contributed by atoms with Gasteiger partial charge in [0.2, 0.25) is 0 Å². The number of nitrogens with zero attached hydrogens (tertiary/aromatic N) is 1. The summed E-state index contributed by atoms with van der Waals surface area (Å²) in [5.41, 5.74) is 4.57. The fraction of sp³-hybridized carbons (Fsp3) is 0. The first-order valence-corrected chi connectivity index (χ1v) is 7.55. The number of fused-ring (bicyclic) bond motifs is 5. The maximum atomic E-state index is 4.52. The van der Waals surface area contributed by atoms with Gasteiger partial charge in [-0.05, 0) is 35.7 Å². The van der Waals surface area contributed by atoms with E-state index in [1.165, 1.54) is 16.0 Å². The molecule has 1 aliphatic rings. The lowest BCUT2D eigenvalue weighted by Crippen LogP contribution is -2.00. The summed E-state index contributed by atoms with van der Waals surface area (Å²) in [5.74, 6) is 0. The zero-order valence-electron chi connectivity index (χ0n) is 9.85. The molecule has 19 heavy (non-hydrogen) atoms. The predicted octanol–water partition coefficient (Wildman–Crippen LogP) is 5.10. The van der Waals surface area contributed by atoms with E-state index in [-0.39, 0.29) is 0 Å². The Kier molecular flexibility index (Phi) is 2.53. The summed E-state index contributed by atoms with van der Waals surface area (Å²) >= 11 is 5.30. The molecule has 0 saturated heterocycles. The molecule has 0 unspecified atom stereocenters. The quantitative estimate of drug-likeness (QED) is 0.581. The van der Waals surface area contributed by atoms with Gasteiger partial charge in [0.25, 0.3) is 0 Å². The second-order valence-corrected chi connectivity index (χ2v) is 6.08. The number of halogens is 1. The van der Waals surface area contributed by atoms with Crippen LogP contribution < -0.4 is 4.72 Å². The molecule has 0 amide bonds. The van der Waals surface area contributed by atoms with Crippen molar-refractivity contribution < 1.29 is 0 Å². The summed E-state index contributed by atoms with van der Waals surface area (Å²) in [4.78, 5) is 5.77. The van der Waals surface area contributed by atoms with Crippen molar-refractivity contribution in [2.24, 2.45) is 0 Å². The summed E-state index contributed by atoms with van der Waals surface area (Å²) in [6.07, 6.45) is 1.84. The molecule has 1 aliphatic heterocycles. The Morgan fingerprint density at radius 3 is 2.89 bits per heavy atom. The van der Waals surface area contributed by atoms with E-state index in [2.05, 4.69) is 62.0 Å². The number of anilines is 1. The second-order valence-electron chi connectivity index (χ2n) is 4.38. The maximum absolute atomic E-state index is 4.52. The molecule has 2 heterocycles. The van der Waals surface area contributed by atoms with E-state index in [1.807, 2.05) is 12.3 Å². The lowest BCUT2D eigenvalue weighted by Gasteiger charge is -2.22. The fourth-order valence-corrected chi connectivity index (χ4v) is 3.80. The molecule has 0 radical (unpaired) electrons. The Balaban J connectivity index is 2.13. The Hall–Kier alpha value is -1.52. The van der Waals surface area contributed by atoms with E-state index in [0.29, 0.717) is 0 Å². The summed E-state index contributed by atoms with van der Waals surface area (Å²) < 4.78 is 4.50. The zero-order chi connectivity index (χ0) is 12.8. The van der Waals surface area contributed by atoms with Gasteiger partial charge < -0.3 is 4.72 Å². The van der Waals surface area contributed by atoms with Gasteiger partial charge in [-0.3, -0.25) is 4.98 Å². The van der Waals surface area contributed by atoms with Crippen molar-refractivity contribution in [3.05, 3.63) is 53.1 Å². The maximum Gasteiger partial charge on any atom is 0.0959 e. The highest BCUT2D eigenvalue weighted by Crippen LogP contribution is 2.46. The van der Waals surface area contributed by atoms with Crippen molar-refractivity contribution >= 4 is 44.5 Å². The largest absolute Gasteiger partial charge is 0.323 e. The van der Waals surface area contributed by atoms with Crippen LogP contribution in [-0.2, 0) is 0 Å². The molecular weight excluding hydrogens is 320 g/mol. The van der Waals surface area contributed by atoms with Gasteiger partial charge in [-0.25, -0.2) is 0 Å². The molecule has 2 nitrogen and oxygen atoms in total. The molecule has 0 bridgehead atoms. The molecule has 1 N–H and O–H groups in total. The second kappa shape index (κ2) is 4.25. The summed E-state index contributed by atoms with van der Waals surface area (Å²) in [7, 11) is 0. The lowest BCUT2D eigenvalue weighted by atomic mass is 10.0. The fourth-order valence-electron chi connectivity index (χ4n) is 2.40. The number of hydrogen-bond donors (Lipinski definition) is 1. The molecule has 0 aliphatic carbocycles. The number of pyridine rings is 1. The summed E-state index contributed by atoms with van der Waals surface area (Å²) in [5, 5.41) is 1.13. The smallest absolute Gasteiger partial charge is 0.0959 e. The average molecular weight is 329 g/mol. The minimum absolute atomic E-state index is 1.01. The van der Waals surface area contributed by atoms with Gasteiger partial charge in [-0.1, -0.05) is 40.2 Å². The lowest BCUT2D eigenvalue weighted by molar-refractivity contribution is 1.38. The number of aromatic nitrogens is 1. The topological polar surface area (TPSA) is 24.9 Å². The molecule has 4 rings (SSSR count). The molecule has 1 aromatic heterocycles. The summed E-state index contributed by atoms with van der Waals surface area (Å²) in [6.45, 7) is 0. The van der Waals surface area contributed by atoms with E-state index < -0.39 is 0 Å². The molecule has 0 spiro atoms. The van der Waals surface area contributed by atoms with Crippen LogP contribution in [0.2, 0.25) is 0 Å². The molecule has 0 atom stereocenters. The molecule has 0 fully saturated rings. The van der Waals surface area contributed by atoms with Crippen molar-refractivity contribution in [2.45, 2.75) is 4.90 Å². The van der Waals surface area contributed by atoms with E-state index in [4.69, 9.17) is 0 Å². The van der Waals surface area contributed by atoms with Crippen molar-refractivity contribution in [1.82, 2.24) is 4.98 Å². The van der Waals surface area contributed by atoms with Crippen molar-refractivity contribution in [2.75, 3.05) is 4.72 Å². The molecule has 2 aromatic carbocycles. The van der Waals surface area contributed by atoms with Crippen molar-refractivity contribution in [3.63, 3.8) is 0 Å². The minimum atomic E-state index is 1.01. The summed E-state index contributed by atoms with van der Waals surface area (Å²) in [6, 6.07) is 14.6. The van der Waals surface area contributed by atoms with Gasteiger partial charge in [0, 0.05) is 26.5 Å². The van der Waals surface area contributed by atoms with Crippen LogP contribution in [0, 0.1) is 0 Å². The zero-order valence-corrected chi connectivity index (χ0v) is 12.3. The third-order valence-electron chi connectivity index (χ3n) is 3.28. The molecule has 3 aromatic rings. The first-order valence-electron chi connectivity index (χ1n) is 5.94. The van der Waals surface area contributed by atoms with Crippen molar-refractivity contribution in [3.8, 4) is 11.1 Å². The number of hydrogen-bond acceptors (Lipinski definition) is 3. The Morgan fingerprint density at radius 2 is 1.95 bits per heavy atom. The van der Waals surface area contributed by atoms with E-state index in [1.54, 1.807) is 11.9 Å². The Morgan fingerprint density at radius 1 is 1.05 bits per heavy atom. The van der Waals surface area contributed by atoms with E-state index in [0.717, 1.165) is 21.1 Å². The highest BCUT2D eigenvalue weighted by Gasteiger charge is 2.20. The predicted molar refractivity (Wildman–Crippen MR) is 84.4 cm³/mol. The van der Waals surface area contributed by atoms with E-state index in [9.17, 15) is 0 Å². The van der Waals surface area contributed by atoms with Gasteiger partial charge >= 0.3 is 0 Å².